The Hall–Kier alpha value is -2.74. The van der Waals surface area contributed by atoms with E-state index in [0.717, 1.165) is 0 Å². The molecule has 0 spiro atoms. The number of benzene rings is 1. The van der Waals surface area contributed by atoms with Crippen LogP contribution >= 0.6 is 0 Å². The van der Waals surface area contributed by atoms with Gasteiger partial charge in [0.05, 0.1) is 30.2 Å². The number of ether oxygens (including phenoxy) is 1. The van der Waals surface area contributed by atoms with Crippen LogP contribution in [-0.2, 0) is 4.74 Å². The van der Waals surface area contributed by atoms with Crippen LogP contribution in [0.15, 0.2) is 24.5 Å². The standard InChI is InChI=1S/C17H21FN6O/c1-23(2)17-14(16(20)21-10-22-17)15(19)11-3-4-13(12(18)9-11)24-5-7-25-8-6-24/h3-4,9-10,19H,5-8H2,1-2H3,(H2,20,21,22). The molecule has 1 fully saturated rings. The van der Waals surface area contributed by atoms with E-state index in [1.54, 1.807) is 31.1 Å². The van der Waals surface area contributed by atoms with Crippen LogP contribution in [-0.4, -0.2) is 56.1 Å². The maximum atomic E-state index is 14.6. The van der Waals surface area contributed by atoms with Crippen molar-refractivity contribution in [1.82, 2.24) is 9.97 Å². The molecule has 3 N–H and O–H groups in total. The molecule has 1 aliphatic rings. The summed E-state index contributed by atoms with van der Waals surface area (Å²) in [5.41, 5.74) is 7.38. The molecule has 7 nitrogen and oxygen atoms in total. The van der Waals surface area contributed by atoms with Crippen LogP contribution in [0.2, 0.25) is 0 Å². The van der Waals surface area contributed by atoms with Gasteiger partial charge in [-0.3, -0.25) is 5.41 Å². The Bertz CT molecular complexity index is 789. The highest BCUT2D eigenvalue weighted by Gasteiger charge is 2.20. The largest absolute Gasteiger partial charge is 0.383 e. The zero-order valence-corrected chi connectivity index (χ0v) is 14.3. The summed E-state index contributed by atoms with van der Waals surface area (Å²) in [5.74, 6) is 0.350. The van der Waals surface area contributed by atoms with Crippen LogP contribution in [0.25, 0.3) is 0 Å². The van der Waals surface area contributed by atoms with Gasteiger partial charge >= 0.3 is 0 Å². The third-order valence-corrected chi connectivity index (χ3v) is 4.12. The summed E-state index contributed by atoms with van der Waals surface area (Å²) >= 11 is 0. The molecule has 25 heavy (non-hydrogen) atoms. The molecule has 0 bridgehead atoms. The molecule has 8 heteroatoms. The van der Waals surface area contributed by atoms with Crippen LogP contribution in [0.3, 0.4) is 0 Å². The topological polar surface area (TPSA) is 91.4 Å². The molecule has 0 saturated carbocycles. The number of morpholine rings is 1. The first kappa shape index (κ1) is 17.1. The van der Waals surface area contributed by atoms with E-state index in [4.69, 9.17) is 15.9 Å². The lowest BCUT2D eigenvalue weighted by molar-refractivity contribution is 0.122. The summed E-state index contributed by atoms with van der Waals surface area (Å²) in [5, 5.41) is 8.47. The lowest BCUT2D eigenvalue weighted by Crippen LogP contribution is -2.36. The quantitative estimate of drug-likeness (QED) is 0.817. The molecule has 1 aromatic carbocycles. The molecule has 1 saturated heterocycles. The second kappa shape index (κ2) is 7.02. The SMILES string of the molecule is CN(C)c1ncnc(N)c1C(=N)c1ccc(N2CCOCC2)c(F)c1. The number of anilines is 3. The predicted molar refractivity (Wildman–Crippen MR) is 96.1 cm³/mol. The zero-order chi connectivity index (χ0) is 18.0. The fraction of sp³-hybridized carbons (Fsp3) is 0.353. The molecule has 2 aromatic rings. The fourth-order valence-corrected chi connectivity index (χ4v) is 2.84. The fourth-order valence-electron chi connectivity index (χ4n) is 2.84. The van der Waals surface area contributed by atoms with Gasteiger partial charge in [0.1, 0.15) is 23.8 Å². The first-order chi connectivity index (χ1) is 12.0. The first-order valence-corrected chi connectivity index (χ1v) is 7.98. The van der Waals surface area contributed by atoms with Gasteiger partial charge in [-0.1, -0.05) is 6.07 Å². The van der Waals surface area contributed by atoms with E-state index in [0.29, 0.717) is 48.9 Å². The summed E-state index contributed by atoms with van der Waals surface area (Å²) in [6.07, 6.45) is 1.35. The van der Waals surface area contributed by atoms with Crippen molar-refractivity contribution in [3.8, 4) is 0 Å². The molecule has 2 heterocycles. The number of hydrogen-bond donors (Lipinski definition) is 2. The van der Waals surface area contributed by atoms with Crippen LogP contribution in [0.1, 0.15) is 11.1 Å². The average Bonchev–Trinajstić information content (AvgIpc) is 2.61. The van der Waals surface area contributed by atoms with Gasteiger partial charge in [-0.05, 0) is 12.1 Å². The number of hydrogen-bond acceptors (Lipinski definition) is 7. The van der Waals surface area contributed by atoms with Gasteiger partial charge < -0.3 is 20.3 Å². The maximum absolute atomic E-state index is 14.6. The number of aromatic nitrogens is 2. The Balaban J connectivity index is 1.95. The normalized spacial score (nSPS) is 14.4. The monoisotopic (exact) mass is 344 g/mol. The minimum Gasteiger partial charge on any atom is -0.383 e. The van der Waals surface area contributed by atoms with E-state index in [9.17, 15) is 4.39 Å². The number of nitrogen functional groups attached to an aromatic ring is 1. The predicted octanol–water partition coefficient (Wildman–Crippen LogP) is 1.52. The van der Waals surface area contributed by atoms with Crippen molar-refractivity contribution >= 4 is 23.0 Å². The minimum atomic E-state index is -0.369. The highest BCUT2D eigenvalue weighted by Crippen LogP contribution is 2.26. The zero-order valence-electron chi connectivity index (χ0n) is 14.3. The second-order valence-electron chi connectivity index (χ2n) is 5.99. The van der Waals surface area contributed by atoms with Gasteiger partial charge in [0, 0.05) is 32.7 Å². The molecular formula is C17H21FN6O. The van der Waals surface area contributed by atoms with Crippen LogP contribution < -0.4 is 15.5 Å². The smallest absolute Gasteiger partial charge is 0.147 e. The molecule has 0 amide bonds. The van der Waals surface area contributed by atoms with E-state index < -0.39 is 0 Å². The molecule has 0 aliphatic carbocycles. The lowest BCUT2D eigenvalue weighted by atomic mass is 10.0. The van der Waals surface area contributed by atoms with E-state index in [1.165, 1.54) is 12.4 Å². The number of nitrogens with zero attached hydrogens (tertiary/aromatic N) is 4. The molecule has 0 unspecified atom stereocenters. The summed E-state index contributed by atoms with van der Waals surface area (Å²) in [6, 6.07) is 4.78. The second-order valence-corrected chi connectivity index (χ2v) is 5.99. The summed E-state index contributed by atoms with van der Waals surface area (Å²) in [4.78, 5) is 11.8. The van der Waals surface area contributed by atoms with Gasteiger partial charge in [0.15, 0.2) is 0 Å². The summed E-state index contributed by atoms with van der Waals surface area (Å²) in [7, 11) is 3.61. The van der Waals surface area contributed by atoms with Gasteiger partial charge in [0.25, 0.3) is 0 Å². The number of nitrogens with one attached hydrogen (secondary N) is 1. The van der Waals surface area contributed by atoms with Crippen LogP contribution in [0.5, 0.6) is 0 Å². The van der Waals surface area contributed by atoms with Crippen molar-refractivity contribution in [3.05, 3.63) is 41.5 Å². The molecule has 1 aromatic heterocycles. The number of nitrogens with two attached hydrogens (primary N) is 1. The Morgan fingerprint density at radius 2 is 2.00 bits per heavy atom. The molecule has 132 valence electrons. The lowest BCUT2D eigenvalue weighted by Gasteiger charge is -2.29. The van der Waals surface area contributed by atoms with Gasteiger partial charge in [-0.25, -0.2) is 14.4 Å². The van der Waals surface area contributed by atoms with Crippen LogP contribution in [0.4, 0.5) is 21.7 Å². The molecule has 3 rings (SSSR count). The van der Waals surface area contributed by atoms with E-state index in [1.807, 2.05) is 4.90 Å². The van der Waals surface area contributed by atoms with Gasteiger partial charge in [-0.15, -0.1) is 0 Å². The van der Waals surface area contributed by atoms with Crippen LogP contribution in [0, 0.1) is 11.2 Å². The highest BCUT2D eigenvalue weighted by atomic mass is 19.1. The third-order valence-electron chi connectivity index (χ3n) is 4.12. The van der Waals surface area contributed by atoms with Crippen molar-refractivity contribution in [1.29, 1.82) is 5.41 Å². The summed E-state index contributed by atoms with van der Waals surface area (Å²) in [6.45, 7) is 2.47. The Labute approximate surface area is 145 Å². The Morgan fingerprint density at radius 3 is 2.64 bits per heavy atom. The van der Waals surface area contributed by atoms with E-state index >= 15 is 0 Å². The first-order valence-electron chi connectivity index (χ1n) is 7.98. The highest BCUT2D eigenvalue weighted by molar-refractivity contribution is 6.16. The molecule has 1 aliphatic heterocycles. The molecule has 0 atom stereocenters. The van der Waals surface area contributed by atoms with Crippen molar-refractivity contribution in [2.24, 2.45) is 0 Å². The number of halogens is 1. The van der Waals surface area contributed by atoms with Gasteiger partial charge in [-0.2, -0.15) is 0 Å². The van der Waals surface area contributed by atoms with E-state index in [-0.39, 0.29) is 17.3 Å². The average molecular weight is 344 g/mol. The Morgan fingerprint density at radius 1 is 1.28 bits per heavy atom. The maximum Gasteiger partial charge on any atom is 0.147 e. The van der Waals surface area contributed by atoms with Crippen molar-refractivity contribution in [3.63, 3.8) is 0 Å². The molecular weight excluding hydrogens is 323 g/mol. The number of rotatable bonds is 4. The van der Waals surface area contributed by atoms with E-state index in [2.05, 4.69) is 9.97 Å². The van der Waals surface area contributed by atoms with Crippen molar-refractivity contribution in [2.75, 3.05) is 55.9 Å². The minimum absolute atomic E-state index is 0.0919. The van der Waals surface area contributed by atoms with Crippen molar-refractivity contribution < 1.29 is 9.13 Å². The third kappa shape index (κ3) is 3.39. The Kier molecular flexibility index (Phi) is 4.80. The molecule has 0 radical (unpaired) electrons. The van der Waals surface area contributed by atoms with Gasteiger partial charge in [0.2, 0.25) is 0 Å². The van der Waals surface area contributed by atoms with Crippen molar-refractivity contribution in [2.45, 2.75) is 0 Å². The summed E-state index contributed by atoms with van der Waals surface area (Å²) < 4.78 is 19.9.